The van der Waals surface area contributed by atoms with E-state index in [2.05, 4.69) is 73.5 Å². The predicted octanol–water partition coefficient (Wildman–Crippen LogP) is 4.28. The molecule has 3 heteroatoms. The highest BCUT2D eigenvalue weighted by Gasteiger charge is 2.30. The van der Waals surface area contributed by atoms with E-state index in [0.717, 1.165) is 25.3 Å². The summed E-state index contributed by atoms with van der Waals surface area (Å²) < 4.78 is 6.37. The summed E-state index contributed by atoms with van der Waals surface area (Å²) in [6, 6.07) is 19.1. The highest BCUT2D eigenvalue weighted by molar-refractivity contribution is 5.85. The molecule has 2 atom stereocenters. The van der Waals surface area contributed by atoms with Gasteiger partial charge in [0.1, 0.15) is 11.9 Å². The van der Waals surface area contributed by atoms with Gasteiger partial charge in [0, 0.05) is 19.0 Å². The van der Waals surface area contributed by atoms with Crippen LogP contribution >= 0.6 is 12.4 Å². The van der Waals surface area contributed by atoms with Crippen molar-refractivity contribution in [1.82, 2.24) is 4.90 Å². The van der Waals surface area contributed by atoms with E-state index in [4.69, 9.17) is 4.74 Å². The lowest BCUT2D eigenvalue weighted by molar-refractivity contribution is 0.0896. The molecule has 0 aliphatic carbocycles. The van der Waals surface area contributed by atoms with Gasteiger partial charge >= 0.3 is 0 Å². The molecule has 2 aromatic rings. The first-order valence-electron chi connectivity index (χ1n) is 7.70. The van der Waals surface area contributed by atoms with Gasteiger partial charge < -0.3 is 9.64 Å². The highest BCUT2D eigenvalue weighted by Crippen LogP contribution is 2.31. The first kappa shape index (κ1) is 16.9. The molecule has 2 nitrogen and oxygen atoms in total. The second kappa shape index (κ2) is 7.66. The van der Waals surface area contributed by atoms with Crippen molar-refractivity contribution in [2.45, 2.75) is 25.4 Å². The van der Waals surface area contributed by atoms with E-state index in [1.54, 1.807) is 0 Å². The molecule has 1 aliphatic rings. The zero-order chi connectivity index (χ0) is 14.7. The van der Waals surface area contributed by atoms with Crippen LogP contribution in [-0.4, -0.2) is 31.1 Å². The molecule has 1 aliphatic heterocycles. The summed E-state index contributed by atoms with van der Waals surface area (Å²) in [5.41, 5.74) is 2.59. The van der Waals surface area contributed by atoms with Gasteiger partial charge in [0.15, 0.2) is 0 Å². The van der Waals surface area contributed by atoms with Gasteiger partial charge in [-0.15, -0.1) is 12.4 Å². The van der Waals surface area contributed by atoms with Crippen molar-refractivity contribution in [3.8, 4) is 5.75 Å². The highest BCUT2D eigenvalue weighted by atomic mass is 35.5. The second-order valence-electron chi connectivity index (χ2n) is 5.99. The van der Waals surface area contributed by atoms with Gasteiger partial charge in [-0.25, -0.2) is 0 Å². The largest absolute Gasteiger partial charge is 0.489 e. The topological polar surface area (TPSA) is 12.5 Å². The van der Waals surface area contributed by atoms with Crippen LogP contribution in [0.1, 0.15) is 23.5 Å². The van der Waals surface area contributed by atoms with Crippen LogP contribution in [0.4, 0.5) is 0 Å². The Morgan fingerprint density at radius 2 is 1.68 bits per heavy atom. The number of likely N-dealkylation sites (tertiary alicyclic amines) is 1. The number of hydrogen-bond acceptors (Lipinski definition) is 2. The van der Waals surface area contributed by atoms with Crippen molar-refractivity contribution in [3.05, 3.63) is 65.7 Å². The maximum absolute atomic E-state index is 6.37. The molecule has 0 radical (unpaired) electrons. The quantitative estimate of drug-likeness (QED) is 0.837. The van der Waals surface area contributed by atoms with Crippen molar-refractivity contribution < 1.29 is 4.74 Å². The van der Waals surface area contributed by atoms with Crippen LogP contribution < -0.4 is 4.74 Å². The number of aryl methyl sites for hydroxylation is 1. The number of hydrogen-bond donors (Lipinski definition) is 0. The van der Waals surface area contributed by atoms with E-state index in [9.17, 15) is 0 Å². The van der Waals surface area contributed by atoms with E-state index < -0.39 is 0 Å². The van der Waals surface area contributed by atoms with Gasteiger partial charge in [0.05, 0.1) is 0 Å². The Balaban J connectivity index is 0.00000176. The molecule has 3 rings (SSSR count). The molecule has 2 aromatic carbocycles. The third-order valence-electron chi connectivity index (χ3n) is 4.35. The fourth-order valence-corrected chi connectivity index (χ4v) is 3.11. The minimum absolute atomic E-state index is 0. The normalized spacial score (nSPS) is 21.9. The zero-order valence-electron chi connectivity index (χ0n) is 13.2. The van der Waals surface area contributed by atoms with Crippen LogP contribution in [0.3, 0.4) is 0 Å². The lowest BCUT2D eigenvalue weighted by Crippen LogP contribution is -2.42. The van der Waals surface area contributed by atoms with Crippen molar-refractivity contribution in [1.29, 1.82) is 0 Å². The molecule has 22 heavy (non-hydrogen) atoms. The minimum atomic E-state index is 0. The Morgan fingerprint density at radius 3 is 2.41 bits per heavy atom. The van der Waals surface area contributed by atoms with Crippen LogP contribution in [0.5, 0.6) is 5.75 Å². The molecule has 0 spiro atoms. The standard InChI is InChI=1S/C19H23NO.ClH/c1-15-8-6-7-11-18(15)21-19-12-13-20(2)14-17(19)16-9-4-3-5-10-16;/h3-11,17,19H,12-14H2,1-2H3;1H/t17-,19+;/m1./s1. The predicted molar refractivity (Wildman–Crippen MR) is 94.1 cm³/mol. The SMILES string of the molecule is Cc1ccccc1O[C@H]1CCN(C)C[C@@H]1c1ccccc1.Cl. The Morgan fingerprint density at radius 1 is 1.00 bits per heavy atom. The Kier molecular flexibility index (Phi) is 5.87. The van der Waals surface area contributed by atoms with Crippen LogP contribution in [0.2, 0.25) is 0 Å². The summed E-state index contributed by atoms with van der Waals surface area (Å²) in [6.07, 6.45) is 1.33. The zero-order valence-corrected chi connectivity index (χ0v) is 14.1. The first-order valence-corrected chi connectivity index (χ1v) is 7.70. The molecule has 0 amide bonds. The van der Waals surface area contributed by atoms with E-state index in [1.165, 1.54) is 11.1 Å². The van der Waals surface area contributed by atoms with Gasteiger partial charge in [-0.3, -0.25) is 0 Å². The Hall–Kier alpha value is -1.51. The second-order valence-corrected chi connectivity index (χ2v) is 5.99. The summed E-state index contributed by atoms with van der Waals surface area (Å²) >= 11 is 0. The average molecular weight is 318 g/mol. The maximum Gasteiger partial charge on any atom is 0.122 e. The smallest absolute Gasteiger partial charge is 0.122 e. The molecule has 0 aromatic heterocycles. The third-order valence-corrected chi connectivity index (χ3v) is 4.35. The average Bonchev–Trinajstić information content (AvgIpc) is 2.52. The monoisotopic (exact) mass is 317 g/mol. The summed E-state index contributed by atoms with van der Waals surface area (Å²) in [5.74, 6) is 1.46. The van der Waals surface area contributed by atoms with Crippen molar-refractivity contribution in [3.63, 3.8) is 0 Å². The van der Waals surface area contributed by atoms with Crippen molar-refractivity contribution in [2.24, 2.45) is 0 Å². The van der Waals surface area contributed by atoms with Crippen molar-refractivity contribution >= 4 is 12.4 Å². The lowest BCUT2D eigenvalue weighted by Gasteiger charge is -2.37. The number of para-hydroxylation sites is 1. The molecule has 1 fully saturated rings. The molecule has 1 heterocycles. The number of likely N-dealkylation sites (N-methyl/N-ethyl adjacent to an activating group) is 1. The maximum atomic E-state index is 6.37. The molecular formula is C19H24ClNO. The summed E-state index contributed by atoms with van der Waals surface area (Å²) in [5, 5.41) is 0. The fourth-order valence-electron chi connectivity index (χ4n) is 3.11. The lowest BCUT2D eigenvalue weighted by atomic mass is 9.88. The molecule has 1 saturated heterocycles. The first-order chi connectivity index (χ1) is 10.2. The van der Waals surface area contributed by atoms with E-state index in [0.29, 0.717) is 5.92 Å². The van der Waals surface area contributed by atoms with E-state index >= 15 is 0 Å². The number of rotatable bonds is 3. The number of piperidine rings is 1. The Bertz CT molecular complexity index is 587. The molecule has 0 saturated carbocycles. The molecule has 0 unspecified atom stereocenters. The number of ether oxygens (including phenoxy) is 1. The molecule has 118 valence electrons. The molecular weight excluding hydrogens is 294 g/mol. The van der Waals surface area contributed by atoms with Crippen LogP contribution in [0.25, 0.3) is 0 Å². The van der Waals surface area contributed by atoms with Crippen LogP contribution in [0.15, 0.2) is 54.6 Å². The number of halogens is 1. The number of benzene rings is 2. The van der Waals surface area contributed by atoms with E-state index in [-0.39, 0.29) is 18.5 Å². The molecule has 0 bridgehead atoms. The van der Waals surface area contributed by atoms with Gasteiger partial charge in [0.2, 0.25) is 0 Å². The van der Waals surface area contributed by atoms with E-state index in [1.807, 2.05) is 0 Å². The Labute approximate surface area is 139 Å². The summed E-state index contributed by atoms with van der Waals surface area (Å²) in [6.45, 7) is 4.27. The van der Waals surface area contributed by atoms with Gasteiger partial charge in [-0.1, -0.05) is 48.5 Å². The van der Waals surface area contributed by atoms with Crippen molar-refractivity contribution in [2.75, 3.05) is 20.1 Å². The van der Waals surface area contributed by atoms with Crippen LogP contribution in [-0.2, 0) is 0 Å². The fraction of sp³-hybridized carbons (Fsp3) is 0.368. The summed E-state index contributed by atoms with van der Waals surface area (Å²) in [7, 11) is 2.19. The van der Waals surface area contributed by atoms with Gasteiger partial charge in [-0.2, -0.15) is 0 Å². The molecule has 0 N–H and O–H groups in total. The van der Waals surface area contributed by atoms with Crippen LogP contribution in [0, 0.1) is 6.92 Å². The third kappa shape index (κ3) is 3.82. The van der Waals surface area contributed by atoms with Gasteiger partial charge in [0.25, 0.3) is 0 Å². The van der Waals surface area contributed by atoms with Gasteiger partial charge in [-0.05, 0) is 37.6 Å². The summed E-state index contributed by atoms with van der Waals surface area (Å²) in [4.78, 5) is 2.40. The minimum Gasteiger partial charge on any atom is -0.489 e. The number of nitrogens with zero attached hydrogens (tertiary/aromatic N) is 1.